The van der Waals surface area contributed by atoms with Crippen molar-refractivity contribution < 1.29 is 4.74 Å². The lowest BCUT2D eigenvalue weighted by molar-refractivity contribution is 0.416. The topological polar surface area (TPSA) is 38.9 Å². The third-order valence-electron chi connectivity index (χ3n) is 3.62. The smallest absolute Gasteiger partial charge is 0.206 e. The maximum absolute atomic E-state index is 5.51. The number of benzene rings is 1. The second kappa shape index (κ2) is 8.09. The first kappa shape index (κ1) is 17.4. The molecule has 0 fully saturated rings. The first-order chi connectivity index (χ1) is 12.2. The van der Waals surface area contributed by atoms with E-state index < -0.39 is 0 Å². The lowest BCUT2D eigenvalue weighted by atomic mass is 10.1. The normalized spacial score (nSPS) is 12.0. The van der Waals surface area contributed by atoms with Gasteiger partial charge in [-0.25, -0.2) is 4.68 Å². The molecule has 128 valence electrons. The fourth-order valence-corrected chi connectivity index (χ4v) is 3.95. The second-order valence-corrected chi connectivity index (χ2v) is 7.04. The van der Waals surface area contributed by atoms with Crippen LogP contribution in [0.3, 0.4) is 0 Å². The number of thiazole rings is 1. The molecule has 0 saturated carbocycles. The minimum Gasteiger partial charge on any atom is -0.496 e. The largest absolute Gasteiger partial charge is 0.496 e. The molecule has 25 heavy (non-hydrogen) atoms. The van der Waals surface area contributed by atoms with Crippen LogP contribution in [0.5, 0.6) is 5.75 Å². The Bertz CT molecular complexity index is 963. The predicted octanol–water partition coefficient (Wildman–Crippen LogP) is 4.56. The van der Waals surface area contributed by atoms with Crippen molar-refractivity contribution in [3.63, 3.8) is 0 Å². The van der Waals surface area contributed by atoms with Crippen molar-refractivity contribution in [1.82, 2.24) is 4.68 Å². The number of methoxy groups -OCH3 is 1. The zero-order valence-electron chi connectivity index (χ0n) is 14.2. The summed E-state index contributed by atoms with van der Waals surface area (Å²) < 4.78 is 7.38. The van der Waals surface area contributed by atoms with Crippen LogP contribution in [0.25, 0.3) is 11.3 Å². The molecule has 0 bridgehead atoms. The maximum atomic E-state index is 5.51. The van der Waals surface area contributed by atoms with E-state index in [2.05, 4.69) is 35.3 Å². The van der Waals surface area contributed by atoms with Crippen molar-refractivity contribution in [2.45, 2.75) is 6.92 Å². The van der Waals surface area contributed by atoms with E-state index >= 15 is 0 Å². The number of nitrogens with zero attached hydrogens (tertiary/aromatic N) is 3. The molecular weight excluding hydrogens is 350 g/mol. The van der Waals surface area contributed by atoms with Crippen molar-refractivity contribution in [1.29, 1.82) is 0 Å². The highest BCUT2D eigenvalue weighted by molar-refractivity contribution is 7.11. The van der Waals surface area contributed by atoms with E-state index in [1.165, 1.54) is 5.56 Å². The fraction of sp³-hybridized carbons (Fsp3) is 0.158. The van der Waals surface area contributed by atoms with E-state index in [9.17, 15) is 0 Å². The molecule has 0 aliphatic rings. The average molecular weight is 370 g/mol. The third-order valence-corrected chi connectivity index (χ3v) is 5.42. The molecular formula is C19H19N3OS2. The highest BCUT2D eigenvalue weighted by atomic mass is 32.1. The van der Waals surface area contributed by atoms with Gasteiger partial charge in [-0.1, -0.05) is 18.2 Å². The minimum atomic E-state index is 0.555. The van der Waals surface area contributed by atoms with Crippen LogP contribution < -0.4 is 9.54 Å². The van der Waals surface area contributed by atoms with Crippen LogP contribution in [0.1, 0.15) is 10.4 Å². The molecule has 0 radical (unpaired) electrons. The van der Waals surface area contributed by atoms with E-state index in [4.69, 9.17) is 9.84 Å². The molecule has 0 atom stereocenters. The van der Waals surface area contributed by atoms with Gasteiger partial charge in [0.25, 0.3) is 0 Å². The van der Waals surface area contributed by atoms with Crippen LogP contribution in [0.15, 0.2) is 63.8 Å². The molecule has 0 unspecified atom stereocenters. The molecule has 1 aromatic carbocycles. The Labute approximate surface area is 155 Å². The molecule has 3 aromatic rings. The summed E-state index contributed by atoms with van der Waals surface area (Å²) in [6.45, 7) is 6.38. The first-order valence-corrected chi connectivity index (χ1v) is 9.54. The van der Waals surface area contributed by atoms with E-state index in [0.29, 0.717) is 6.54 Å². The molecule has 3 rings (SSSR count). The molecule has 0 amide bonds. The van der Waals surface area contributed by atoms with Gasteiger partial charge in [0.05, 0.1) is 30.4 Å². The zero-order chi connectivity index (χ0) is 17.6. The Hall–Kier alpha value is -2.44. The number of rotatable bonds is 6. The molecule has 4 nitrogen and oxygen atoms in total. The van der Waals surface area contributed by atoms with Gasteiger partial charge in [-0.3, -0.25) is 4.99 Å². The van der Waals surface area contributed by atoms with Crippen LogP contribution in [0, 0.1) is 6.92 Å². The summed E-state index contributed by atoms with van der Waals surface area (Å²) in [5.74, 6) is 0.812. The number of hydrogen-bond donors (Lipinski definition) is 0. The molecule has 0 saturated heterocycles. The highest BCUT2D eigenvalue weighted by Gasteiger charge is 2.12. The number of ether oxygens (including phenoxy) is 1. The van der Waals surface area contributed by atoms with Gasteiger partial charge < -0.3 is 4.74 Å². The average Bonchev–Trinajstić information content (AvgIpc) is 3.23. The minimum absolute atomic E-state index is 0.555. The van der Waals surface area contributed by atoms with Gasteiger partial charge in [-0.2, -0.15) is 5.10 Å². The first-order valence-electron chi connectivity index (χ1n) is 7.78. The summed E-state index contributed by atoms with van der Waals surface area (Å²) in [6.07, 6.45) is 3.67. The van der Waals surface area contributed by atoms with Gasteiger partial charge in [-0.15, -0.1) is 29.3 Å². The fourth-order valence-electron chi connectivity index (χ4n) is 2.33. The predicted molar refractivity (Wildman–Crippen MR) is 107 cm³/mol. The lowest BCUT2D eigenvalue weighted by Crippen LogP contribution is -2.12. The van der Waals surface area contributed by atoms with E-state index in [1.54, 1.807) is 35.9 Å². The van der Waals surface area contributed by atoms with Crippen LogP contribution in [-0.2, 0) is 0 Å². The summed E-state index contributed by atoms with van der Waals surface area (Å²) in [7, 11) is 1.68. The Morgan fingerprint density at radius 1 is 1.24 bits per heavy atom. The van der Waals surface area contributed by atoms with Crippen LogP contribution >= 0.6 is 22.7 Å². The van der Waals surface area contributed by atoms with Gasteiger partial charge in [-0.05, 0) is 36.1 Å². The Kier molecular flexibility index (Phi) is 5.63. The Balaban J connectivity index is 2.13. The molecule has 0 N–H and O–H groups in total. The Morgan fingerprint density at radius 2 is 2.08 bits per heavy atom. The van der Waals surface area contributed by atoms with Crippen molar-refractivity contribution in [2.24, 2.45) is 10.1 Å². The lowest BCUT2D eigenvalue weighted by Gasteiger charge is -2.08. The van der Waals surface area contributed by atoms with Crippen molar-refractivity contribution >= 4 is 28.9 Å². The van der Waals surface area contributed by atoms with Crippen LogP contribution in [0.2, 0.25) is 0 Å². The molecule has 2 aromatic heterocycles. The number of aryl methyl sites for hydroxylation is 1. The summed E-state index contributed by atoms with van der Waals surface area (Å²) >= 11 is 3.23. The van der Waals surface area contributed by atoms with Crippen molar-refractivity contribution in [3.05, 3.63) is 69.0 Å². The highest BCUT2D eigenvalue weighted by Crippen LogP contribution is 2.30. The summed E-state index contributed by atoms with van der Waals surface area (Å²) in [4.78, 5) is 6.52. The van der Waals surface area contributed by atoms with E-state index in [-0.39, 0.29) is 0 Å². The molecule has 2 heterocycles. The van der Waals surface area contributed by atoms with Gasteiger partial charge in [0, 0.05) is 10.9 Å². The maximum Gasteiger partial charge on any atom is 0.206 e. The van der Waals surface area contributed by atoms with Gasteiger partial charge in [0.1, 0.15) is 5.75 Å². The standard InChI is InChI=1S/C19H19N3OS2/c1-4-10-20-19-22(21-12-18-14(2)9-11-24-18)16(13-25-19)15-7-5-6-8-17(15)23-3/h4-9,11-13H,1,10H2,2-3H3. The van der Waals surface area contributed by atoms with Gasteiger partial charge >= 0.3 is 0 Å². The molecule has 0 aliphatic carbocycles. The second-order valence-electron chi connectivity index (χ2n) is 5.26. The van der Waals surface area contributed by atoms with Gasteiger partial charge in [0.15, 0.2) is 0 Å². The Morgan fingerprint density at radius 3 is 2.80 bits per heavy atom. The summed E-state index contributed by atoms with van der Waals surface area (Å²) in [5, 5.41) is 8.83. The van der Waals surface area contributed by atoms with Crippen molar-refractivity contribution in [2.75, 3.05) is 13.7 Å². The molecule has 0 aliphatic heterocycles. The summed E-state index contributed by atoms with van der Waals surface area (Å²) in [5.41, 5.74) is 3.16. The summed E-state index contributed by atoms with van der Waals surface area (Å²) in [6, 6.07) is 10.0. The van der Waals surface area contributed by atoms with Crippen LogP contribution in [-0.4, -0.2) is 24.5 Å². The SMILES string of the molecule is C=CCN=c1scc(-c2ccccc2OC)n1N=Cc1sccc1C. The van der Waals surface area contributed by atoms with E-state index in [1.807, 2.05) is 35.2 Å². The zero-order valence-corrected chi connectivity index (χ0v) is 15.8. The third kappa shape index (κ3) is 3.81. The number of para-hydroxylation sites is 1. The number of hydrogen-bond acceptors (Lipinski definition) is 5. The number of aromatic nitrogens is 1. The van der Waals surface area contributed by atoms with E-state index in [0.717, 1.165) is 26.7 Å². The number of thiophene rings is 1. The monoisotopic (exact) mass is 369 g/mol. The van der Waals surface area contributed by atoms with Crippen molar-refractivity contribution in [3.8, 4) is 17.0 Å². The van der Waals surface area contributed by atoms with Gasteiger partial charge in [0.2, 0.25) is 4.80 Å². The quantitative estimate of drug-likeness (QED) is 0.463. The van der Waals surface area contributed by atoms with Crippen LogP contribution in [0.4, 0.5) is 0 Å². The molecule has 0 spiro atoms. The molecule has 6 heteroatoms.